The molecule has 0 aliphatic rings. The Morgan fingerprint density at radius 3 is 2.42 bits per heavy atom. The molecule has 0 heterocycles. The summed E-state index contributed by atoms with van der Waals surface area (Å²) >= 11 is 0. The molecule has 0 radical (unpaired) electrons. The minimum Gasteiger partial charge on any atom is -0.496 e. The summed E-state index contributed by atoms with van der Waals surface area (Å²) in [6, 6.07) is 18.6. The van der Waals surface area contributed by atoms with Gasteiger partial charge in [0.25, 0.3) is 0 Å². The largest absolute Gasteiger partial charge is 0.496 e. The maximum Gasteiger partial charge on any atom is 0.122 e. The zero-order valence-corrected chi connectivity index (χ0v) is 11.4. The van der Waals surface area contributed by atoms with Crippen LogP contribution >= 0.6 is 0 Å². The lowest BCUT2D eigenvalue weighted by molar-refractivity contribution is 0.408. The average Bonchev–Trinajstić information content (AvgIpc) is 2.48. The number of aryl methyl sites for hydroxylation is 1. The molecule has 19 heavy (non-hydrogen) atoms. The summed E-state index contributed by atoms with van der Waals surface area (Å²) in [5, 5.41) is 0. The lowest BCUT2D eigenvalue weighted by Gasteiger charge is -2.12. The molecule has 0 aliphatic heterocycles. The van der Waals surface area contributed by atoms with Gasteiger partial charge in [0.15, 0.2) is 0 Å². The first kappa shape index (κ1) is 13.6. The van der Waals surface area contributed by atoms with Gasteiger partial charge in [-0.3, -0.25) is 0 Å². The van der Waals surface area contributed by atoms with Crippen molar-refractivity contribution in [1.29, 1.82) is 0 Å². The number of ether oxygens (including phenoxy) is 1. The Balaban J connectivity index is 1.87. The third-order valence-corrected chi connectivity index (χ3v) is 3.38. The van der Waals surface area contributed by atoms with E-state index in [2.05, 4.69) is 24.3 Å². The van der Waals surface area contributed by atoms with E-state index in [9.17, 15) is 0 Å². The Bertz CT molecular complexity index is 496. The molecule has 0 saturated carbocycles. The fraction of sp³-hybridized carbons (Fsp3) is 0.294. The van der Waals surface area contributed by atoms with Gasteiger partial charge in [-0.25, -0.2) is 0 Å². The summed E-state index contributed by atoms with van der Waals surface area (Å²) < 4.78 is 5.36. The van der Waals surface area contributed by atoms with Gasteiger partial charge in [0.1, 0.15) is 5.75 Å². The molecule has 0 fully saturated rings. The average molecular weight is 255 g/mol. The van der Waals surface area contributed by atoms with E-state index in [1.54, 1.807) is 7.11 Å². The molecular formula is C17H21NO. The number of methoxy groups -OCH3 is 1. The minimum absolute atomic E-state index is 0.121. The molecule has 2 N–H and O–H groups in total. The Morgan fingerprint density at radius 1 is 1.00 bits per heavy atom. The van der Waals surface area contributed by atoms with Crippen LogP contribution in [0.2, 0.25) is 0 Å². The fourth-order valence-corrected chi connectivity index (χ4v) is 2.29. The first-order chi connectivity index (χ1) is 9.31. The molecule has 0 bridgehead atoms. The second kappa shape index (κ2) is 6.95. The molecule has 0 amide bonds. The SMILES string of the molecule is COc1ccccc1CCCC(N)c1ccccc1. The molecule has 2 rings (SSSR count). The normalized spacial score (nSPS) is 12.1. The predicted molar refractivity (Wildman–Crippen MR) is 79.3 cm³/mol. The van der Waals surface area contributed by atoms with Crippen molar-refractivity contribution >= 4 is 0 Å². The van der Waals surface area contributed by atoms with Crippen LogP contribution in [-0.4, -0.2) is 7.11 Å². The quantitative estimate of drug-likeness (QED) is 0.854. The molecule has 2 nitrogen and oxygen atoms in total. The van der Waals surface area contributed by atoms with Crippen LogP contribution in [-0.2, 0) is 6.42 Å². The maximum absolute atomic E-state index is 6.20. The van der Waals surface area contributed by atoms with E-state index >= 15 is 0 Å². The lowest BCUT2D eigenvalue weighted by Crippen LogP contribution is -2.10. The number of rotatable bonds is 6. The Morgan fingerprint density at radius 2 is 1.68 bits per heavy atom. The van der Waals surface area contributed by atoms with Crippen LogP contribution in [0.25, 0.3) is 0 Å². The predicted octanol–water partition coefficient (Wildman–Crippen LogP) is 3.72. The second-order valence-corrected chi connectivity index (χ2v) is 4.72. The van der Waals surface area contributed by atoms with Gasteiger partial charge in [-0.1, -0.05) is 48.5 Å². The van der Waals surface area contributed by atoms with Crippen molar-refractivity contribution in [3.05, 3.63) is 65.7 Å². The van der Waals surface area contributed by atoms with Gasteiger partial charge >= 0.3 is 0 Å². The summed E-state index contributed by atoms with van der Waals surface area (Å²) in [4.78, 5) is 0. The topological polar surface area (TPSA) is 35.2 Å². The third kappa shape index (κ3) is 3.83. The molecule has 2 aromatic carbocycles. The van der Waals surface area contributed by atoms with Gasteiger partial charge in [-0.05, 0) is 36.5 Å². The number of para-hydroxylation sites is 1. The first-order valence-corrected chi connectivity index (χ1v) is 6.73. The van der Waals surface area contributed by atoms with Crippen molar-refractivity contribution in [1.82, 2.24) is 0 Å². The molecule has 0 aromatic heterocycles. The maximum atomic E-state index is 6.20. The number of hydrogen-bond acceptors (Lipinski definition) is 2. The number of nitrogens with two attached hydrogens (primary N) is 1. The van der Waals surface area contributed by atoms with Crippen LogP contribution in [0.1, 0.15) is 30.0 Å². The number of hydrogen-bond donors (Lipinski definition) is 1. The van der Waals surface area contributed by atoms with E-state index in [0.717, 1.165) is 25.0 Å². The molecule has 0 saturated heterocycles. The Kier molecular flexibility index (Phi) is 4.99. The van der Waals surface area contributed by atoms with Crippen LogP contribution in [0.3, 0.4) is 0 Å². The molecular weight excluding hydrogens is 234 g/mol. The van der Waals surface area contributed by atoms with Crippen molar-refractivity contribution in [2.24, 2.45) is 5.73 Å². The highest BCUT2D eigenvalue weighted by Gasteiger charge is 2.06. The molecule has 2 aromatic rings. The highest BCUT2D eigenvalue weighted by molar-refractivity contribution is 5.33. The first-order valence-electron chi connectivity index (χ1n) is 6.73. The fourth-order valence-electron chi connectivity index (χ4n) is 2.29. The molecule has 0 aliphatic carbocycles. The van der Waals surface area contributed by atoms with E-state index in [1.165, 1.54) is 11.1 Å². The van der Waals surface area contributed by atoms with Gasteiger partial charge in [-0.2, -0.15) is 0 Å². The number of benzene rings is 2. The molecule has 100 valence electrons. The summed E-state index contributed by atoms with van der Waals surface area (Å²) in [7, 11) is 1.72. The van der Waals surface area contributed by atoms with Gasteiger partial charge in [-0.15, -0.1) is 0 Å². The monoisotopic (exact) mass is 255 g/mol. The van der Waals surface area contributed by atoms with Crippen LogP contribution in [0, 0.1) is 0 Å². The van der Waals surface area contributed by atoms with E-state index in [4.69, 9.17) is 10.5 Å². The van der Waals surface area contributed by atoms with Crippen molar-refractivity contribution in [2.45, 2.75) is 25.3 Å². The van der Waals surface area contributed by atoms with Crippen LogP contribution in [0.5, 0.6) is 5.75 Å². The smallest absolute Gasteiger partial charge is 0.122 e. The van der Waals surface area contributed by atoms with Gasteiger partial charge in [0.2, 0.25) is 0 Å². The molecule has 1 atom stereocenters. The summed E-state index contributed by atoms with van der Waals surface area (Å²) in [6.07, 6.45) is 3.06. The standard InChI is InChI=1S/C17H21NO/c1-19-17-13-6-5-10-15(17)11-7-12-16(18)14-8-3-2-4-9-14/h2-6,8-10,13,16H,7,11-12,18H2,1H3. The van der Waals surface area contributed by atoms with Crippen LogP contribution in [0.15, 0.2) is 54.6 Å². The van der Waals surface area contributed by atoms with E-state index in [-0.39, 0.29) is 6.04 Å². The summed E-state index contributed by atoms with van der Waals surface area (Å²) in [6.45, 7) is 0. The van der Waals surface area contributed by atoms with Crippen LogP contribution in [0.4, 0.5) is 0 Å². The van der Waals surface area contributed by atoms with E-state index in [0.29, 0.717) is 0 Å². The van der Waals surface area contributed by atoms with Crippen molar-refractivity contribution in [3.8, 4) is 5.75 Å². The second-order valence-electron chi connectivity index (χ2n) is 4.72. The van der Waals surface area contributed by atoms with Crippen molar-refractivity contribution in [2.75, 3.05) is 7.11 Å². The molecule has 1 unspecified atom stereocenters. The summed E-state index contributed by atoms with van der Waals surface area (Å²) in [5.74, 6) is 0.968. The minimum atomic E-state index is 0.121. The van der Waals surface area contributed by atoms with Gasteiger partial charge in [0.05, 0.1) is 7.11 Å². The van der Waals surface area contributed by atoms with Gasteiger partial charge < -0.3 is 10.5 Å². The summed E-state index contributed by atoms with van der Waals surface area (Å²) in [5.41, 5.74) is 8.66. The van der Waals surface area contributed by atoms with Crippen LogP contribution < -0.4 is 10.5 Å². The third-order valence-electron chi connectivity index (χ3n) is 3.38. The Labute approximate surface area is 115 Å². The Hall–Kier alpha value is -1.80. The highest BCUT2D eigenvalue weighted by Crippen LogP contribution is 2.22. The van der Waals surface area contributed by atoms with Crippen molar-refractivity contribution < 1.29 is 4.74 Å². The zero-order valence-electron chi connectivity index (χ0n) is 11.4. The van der Waals surface area contributed by atoms with E-state index < -0.39 is 0 Å². The highest BCUT2D eigenvalue weighted by atomic mass is 16.5. The molecule has 2 heteroatoms. The van der Waals surface area contributed by atoms with E-state index in [1.807, 2.05) is 30.3 Å². The zero-order chi connectivity index (χ0) is 13.5. The molecule has 0 spiro atoms. The lowest BCUT2D eigenvalue weighted by atomic mass is 9.99. The van der Waals surface area contributed by atoms with Crippen molar-refractivity contribution in [3.63, 3.8) is 0 Å². The van der Waals surface area contributed by atoms with Gasteiger partial charge in [0, 0.05) is 6.04 Å².